The summed E-state index contributed by atoms with van der Waals surface area (Å²) < 4.78 is 16.2. The summed E-state index contributed by atoms with van der Waals surface area (Å²) in [5.74, 6) is -0.563. The Morgan fingerprint density at radius 2 is 2.00 bits per heavy atom. The maximum Gasteiger partial charge on any atom is 0.338 e. The molecule has 29 heavy (non-hydrogen) atoms. The number of nitrogens with zero attached hydrogens (tertiary/aromatic N) is 1. The van der Waals surface area contributed by atoms with Crippen LogP contribution in [-0.2, 0) is 14.3 Å². The molecule has 2 N–H and O–H groups in total. The fourth-order valence-corrected chi connectivity index (χ4v) is 3.35. The minimum absolute atomic E-state index is 0.0728. The van der Waals surface area contributed by atoms with Crippen LogP contribution >= 0.6 is 11.6 Å². The molecule has 0 saturated carbocycles. The molecule has 1 atom stereocenters. The molecule has 0 bridgehead atoms. The van der Waals surface area contributed by atoms with Crippen molar-refractivity contribution in [2.45, 2.75) is 12.8 Å². The second kappa shape index (κ2) is 8.72. The highest BCUT2D eigenvalue weighted by Crippen LogP contribution is 2.43. The molecule has 0 spiro atoms. The number of hydrogen-bond donors (Lipinski definition) is 1. The normalized spacial score (nSPS) is 16.1. The lowest BCUT2D eigenvalue weighted by atomic mass is 9.82. The van der Waals surface area contributed by atoms with E-state index in [-0.39, 0.29) is 29.4 Å². The fourth-order valence-electron chi connectivity index (χ4n) is 3.15. The van der Waals surface area contributed by atoms with E-state index in [1.807, 2.05) is 0 Å². The van der Waals surface area contributed by atoms with Gasteiger partial charge in [-0.25, -0.2) is 4.79 Å². The van der Waals surface area contributed by atoms with Crippen LogP contribution in [0.5, 0.6) is 5.75 Å². The molecule has 1 heterocycles. The lowest BCUT2D eigenvalue weighted by Gasteiger charge is -2.28. The van der Waals surface area contributed by atoms with Gasteiger partial charge in [-0.1, -0.05) is 23.7 Å². The monoisotopic (exact) mass is 410 g/mol. The number of ether oxygens (including phenoxy) is 3. The zero-order valence-corrected chi connectivity index (χ0v) is 16.7. The van der Waals surface area contributed by atoms with Gasteiger partial charge in [-0.3, -0.25) is 0 Å². The van der Waals surface area contributed by atoms with Gasteiger partial charge < -0.3 is 19.9 Å². The number of nitriles is 1. The third kappa shape index (κ3) is 4.05. The Balaban J connectivity index is 2.26. The number of allylic oxidation sites excluding steroid dienone is 1. The van der Waals surface area contributed by atoms with Gasteiger partial charge in [-0.15, -0.1) is 0 Å². The van der Waals surface area contributed by atoms with Gasteiger partial charge in [0.1, 0.15) is 23.2 Å². The van der Waals surface area contributed by atoms with Gasteiger partial charge in [0.25, 0.3) is 0 Å². The minimum atomic E-state index is -0.774. The number of rotatable bonds is 5. The van der Waals surface area contributed by atoms with E-state index in [1.165, 1.54) is 0 Å². The highest BCUT2D eigenvalue weighted by Gasteiger charge is 2.38. The van der Waals surface area contributed by atoms with Gasteiger partial charge in [0, 0.05) is 10.6 Å². The van der Waals surface area contributed by atoms with Gasteiger partial charge in [-0.2, -0.15) is 5.26 Å². The lowest BCUT2D eigenvalue weighted by molar-refractivity contribution is -0.138. The molecule has 3 rings (SSSR count). The van der Waals surface area contributed by atoms with E-state index < -0.39 is 11.9 Å². The number of esters is 1. The van der Waals surface area contributed by atoms with Gasteiger partial charge >= 0.3 is 5.97 Å². The first kappa shape index (κ1) is 20.3. The second-order valence-electron chi connectivity index (χ2n) is 6.17. The molecule has 6 nitrogen and oxygen atoms in total. The highest BCUT2D eigenvalue weighted by atomic mass is 35.5. The quantitative estimate of drug-likeness (QED) is 0.744. The molecular weight excluding hydrogens is 392 g/mol. The average molecular weight is 411 g/mol. The van der Waals surface area contributed by atoms with Crippen LogP contribution in [0.15, 0.2) is 65.6 Å². The first-order valence-corrected chi connectivity index (χ1v) is 9.26. The Morgan fingerprint density at radius 1 is 1.28 bits per heavy atom. The topological polar surface area (TPSA) is 94.6 Å². The van der Waals surface area contributed by atoms with E-state index in [9.17, 15) is 10.1 Å². The van der Waals surface area contributed by atoms with Gasteiger partial charge in [0.05, 0.1) is 25.2 Å². The van der Waals surface area contributed by atoms with Crippen molar-refractivity contribution in [3.05, 3.63) is 81.7 Å². The molecule has 1 unspecified atom stereocenters. The Bertz CT molecular complexity index is 1040. The summed E-state index contributed by atoms with van der Waals surface area (Å²) in [7, 11) is 1.56. The van der Waals surface area contributed by atoms with Crippen molar-refractivity contribution in [3.63, 3.8) is 0 Å². The summed E-state index contributed by atoms with van der Waals surface area (Å²) in [6, 6.07) is 15.9. The molecule has 2 aromatic carbocycles. The summed E-state index contributed by atoms with van der Waals surface area (Å²) in [4.78, 5) is 13.0. The molecule has 0 amide bonds. The first-order chi connectivity index (χ1) is 14.0. The zero-order valence-electron chi connectivity index (χ0n) is 15.9. The molecule has 0 saturated heterocycles. The van der Waals surface area contributed by atoms with Gasteiger partial charge in [-0.05, 0) is 48.9 Å². The van der Waals surface area contributed by atoms with Crippen LogP contribution in [0, 0.1) is 11.3 Å². The summed E-state index contributed by atoms with van der Waals surface area (Å²) in [5, 5.41) is 10.2. The fraction of sp³-hybridized carbons (Fsp3) is 0.182. The van der Waals surface area contributed by atoms with E-state index in [4.69, 9.17) is 31.5 Å². The SMILES string of the molecule is CCOC(=O)C1=C(c2ccc(OC)cc2)OC(N)=C(C#N)C1c1cccc(Cl)c1. The van der Waals surface area contributed by atoms with E-state index in [0.29, 0.717) is 21.9 Å². The number of carbonyl (C=O) groups is 1. The molecule has 0 radical (unpaired) electrons. The number of halogens is 1. The van der Waals surface area contributed by atoms with Crippen molar-refractivity contribution in [1.82, 2.24) is 0 Å². The molecule has 0 aromatic heterocycles. The molecule has 7 heteroatoms. The molecule has 0 fully saturated rings. The number of carbonyl (C=O) groups excluding carboxylic acids is 1. The number of benzene rings is 2. The largest absolute Gasteiger partial charge is 0.497 e. The van der Waals surface area contributed by atoms with Crippen LogP contribution < -0.4 is 10.5 Å². The Hall–Kier alpha value is -3.43. The van der Waals surface area contributed by atoms with E-state index in [1.54, 1.807) is 62.6 Å². The van der Waals surface area contributed by atoms with Crippen molar-refractivity contribution in [2.75, 3.05) is 13.7 Å². The van der Waals surface area contributed by atoms with Crippen LogP contribution in [0.25, 0.3) is 5.76 Å². The Kier molecular flexibility index (Phi) is 6.10. The van der Waals surface area contributed by atoms with E-state index >= 15 is 0 Å². The number of hydrogen-bond acceptors (Lipinski definition) is 6. The molecule has 1 aliphatic rings. The molecule has 148 valence electrons. The van der Waals surface area contributed by atoms with E-state index in [2.05, 4.69) is 6.07 Å². The Labute approximate surface area is 173 Å². The molecular formula is C22H19ClN2O4. The Morgan fingerprint density at radius 3 is 2.59 bits per heavy atom. The lowest BCUT2D eigenvalue weighted by Crippen LogP contribution is -2.25. The minimum Gasteiger partial charge on any atom is -0.497 e. The predicted molar refractivity (Wildman–Crippen MR) is 109 cm³/mol. The van der Waals surface area contributed by atoms with Crippen molar-refractivity contribution >= 4 is 23.3 Å². The maximum absolute atomic E-state index is 13.0. The summed E-state index contributed by atoms with van der Waals surface area (Å²) in [6.07, 6.45) is 0. The molecule has 2 aromatic rings. The zero-order chi connectivity index (χ0) is 21.0. The molecule has 1 aliphatic heterocycles. The van der Waals surface area contributed by atoms with Gasteiger partial charge in [0.15, 0.2) is 0 Å². The number of methoxy groups -OCH3 is 1. The van der Waals surface area contributed by atoms with Crippen LogP contribution in [-0.4, -0.2) is 19.7 Å². The van der Waals surface area contributed by atoms with Crippen LogP contribution in [0.1, 0.15) is 24.0 Å². The van der Waals surface area contributed by atoms with Crippen LogP contribution in [0.2, 0.25) is 5.02 Å². The van der Waals surface area contributed by atoms with Crippen molar-refractivity contribution in [3.8, 4) is 11.8 Å². The van der Waals surface area contributed by atoms with Crippen molar-refractivity contribution in [1.29, 1.82) is 5.26 Å². The second-order valence-corrected chi connectivity index (χ2v) is 6.61. The molecule has 0 aliphatic carbocycles. The van der Waals surface area contributed by atoms with Gasteiger partial charge in [0.2, 0.25) is 5.88 Å². The smallest absolute Gasteiger partial charge is 0.338 e. The standard InChI is InChI=1S/C22H19ClN2O4/c1-3-28-22(26)19-18(14-5-4-6-15(23)11-14)17(12-24)21(25)29-20(19)13-7-9-16(27-2)10-8-13/h4-11,18H,3,25H2,1-2H3. The predicted octanol–water partition coefficient (Wildman–Crippen LogP) is 4.13. The average Bonchev–Trinajstić information content (AvgIpc) is 2.73. The first-order valence-electron chi connectivity index (χ1n) is 8.88. The highest BCUT2D eigenvalue weighted by molar-refractivity contribution is 6.30. The van der Waals surface area contributed by atoms with E-state index in [0.717, 1.165) is 0 Å². The number of nitrogens with two attached hydrogens (primary N) is 1. The van der Waals surface area contributed by atoms with Crippen LogP contribution in [0.4, 0.5) is 0 Å². The van der Waals surface area contributed by atoms with Crippen molar-refractivity contribution < 1.29 is 19.0 Å². The third-order valence-corrected chi connectivity index (χ3v) is 4.68. The van der Waals surface area contributed by atoms with Crippen LogP contribution in [0.3, 0.4) is 0 Å². The summed E-state index contributed by atoms with van der Waals surface area (Å²) in [5.41, 5.74) is 7.60. The van der Waals surface area contributed by atoms with Crippen molar-refractivity contribution in [2.24, 2.45) is 5.73 Å². The maximum atomic E-state index is 13.0. The summed E-state index contributed by atoms with van der Waals surface area (Å²) in [6.45, 7) is 1.88. The summed E-state index contributed by atoms with van der Waals surface area (Å²) >= 11 is 6.16. The third-order valence-electron chi connectivity index (χ3n) is 4.45.